The molecular formula is C14H19N5S. The van der Waals surface area contributed by atoms with Gasteiger partial charge in [0.05, 0.1) is 0 Å². The maximum absolute atomic E-state index is 4.64. The Bertz CT molecular complexity index is 546. The van der Waals surface area contributed by atoms with E-state index in [0.717, 1.165) is 37.1 Å². The average molecular weight is 289 g/mol. The molecule has 20 heavy (non-hydrogen) atoms. The third-order valence-corrected chi connectivity index (χ3v) is 4.32. The van der Waals surface area contributed by atoms with Crippen molar-refractivity contribution in [1.82, 2.24) is 14.3 Å². The van der Waals surface area contributed by atoms with Crippen molar-refractivity contribution in [3.63, 3.8) is 0 Å². The number of anilines is 2. The summed E-state index contributed by atoms with van der Waals surface area (Å²) in [6, 6.07) is 4.13. The summed E-state index contributed by atoms with van der Waals surface area (Å²) in [4.78, 5) is 13.4. The Morgan fingerprint density at radius 3 is 2.30 bits per heavy atom. The fraction of sp³-hybridized carbons (Fsp3) is 0.500. The predicted octanol–water partition coefficient (Wildman–Crippen LogP) is 2.38. The Morgan fingerprint density at radius 1 is 1.05 bits per heavy atom. The third-order valence-electron chi connectivity index (χ3n) is 3.53. The Morgan fingerprint density at radius 2 is 1.70 bits per heavy atom. The maximum atomic E-state index is 4.64. The molecule has 2 aromatic heterocycles. The van der Waals surface area contributed by atoms with E-state index in [1.165, 1.54) is 17.2 Å². The number of nitrogens with zero attached hydrogens (tertiary/aromatic N) is 5. The van der Waals surface area contributed by atoms with Crippen LogP contribution in [0.5, 0.6) is 0 Å². The highest BCUT2D eigenvalue weighted by atomic mass is 32.1. The molecule has 5 nitrogen and oxygen atoms in total. The van der Waals surface area contributed by atoms with Crippen LogP contribution < -0.4 is 9.80 Å². The zero-order valence-electron chi connectivity index (χ0n) is 11.9. The van der Waals surface area contributed by atoms with Crippen LogP contribution in [-0.4, -0.2) is 40.5 Å². The van der Waals surface area contributed by atoms with Crippen molar-refractivity contribution in [2.45, 2.75) is 19.8 Å². The van der Waals surface area contributed by atoms with Crippen LogP contribution in [0.2, 0.25) is 0 Å². The van der Waals surface area contributed by atoms with Gasteiger partial charge in [-0.15, -0.1) is 0 Å². The fourth-order valence-electron chi connectivity index (χ4n) is 2.30. The van der Waals surface area contributed by atoms with E-state index in [9.17, 15) is 0 Å². The van der Waals surface area contributed by atoms with Gasteiger partial charge < -0.3 is 9.80 Å². The van der Waals surface area contributed by atoms with Gasteiger partial charge >= 0.3 is 0 Å². The lowest BCUT2D eigenvalue weighted by Gasteiger charge is -2.35. The molecule has 1 fully saturated rings. The number of hydrogen-bond donors (Lipinski definition) is 0. The van der Waals surface area contributed by atoms with Gasteiger partial charge in [0.2, 0.25) is 5.13 Å². The summed E-state index contributed by atoms with van der Waals surface area (Å²) >= 11 is 1.52. The average Bonchev–Trinajstić information content (AvgIpc) is 2.98. The lowest BCUT2D eigenvalue weighted by molar-refractivity contribution is 0.649. The summed E-state index contributed by atoms with van der Waals surface area (Å²) in [6.07, 6.45) is 3.70. The van der Waals surface area contributed by atoms with Crippen LogP contribution in [-0.2, 0) is 0 Å². The second-order valence-corrected chi connectivity index (χ2v) is 6.00. The minimum atomic E-state index is 0.401. The second-order valence-electron chi connectivity index (χ2n) is 5.27. The molecule has 0 aromatic carbocycles. The maximum Gasteiger partial charge on any atom is 0.205 e. The van der Waals surface area contributed by atoms with Crippen molar-refractivity contribution in [3.05, 3.63) is 30.4 Å². The number of rotatable bonds is 3. The highest BCUT2D eigenvalue weighted by Gasteiger charge is 2.20. The molecule has 0 N–H and O–H groups in total. The molecule has 0 atom stereocenters. The molecule has 3 heterocycles. The first-order valence-corrected chi connectivity index (χ1v) is 7.75. The minimum absolute atomic E-state index is 0.401. The molecule has 0 bridgehead atoms. The lowest BCUT2D eigenvalue weighted by atomic mass is 10.2. The zero-order valence-corrected chi connectivity index (χ0v) is 12.7. The molecule has 1 aliphatic heterocycles. The van der Waals surface area contributed by atoms with Crippen LogP contribution >= 0.6 is 11.5 Å². The quantitative estimate of drug-likeness (QED) is 0.868. The van der Waals surface area contributed by atoms with Crippen LogP contribution in [0.3, 0.4) is 0 Å². The Hall–Kier alpha value is -1.69. The summed E-state index contributed by atoms with van der Waals surface area (Å²) in [7, 11) is 0. The fourth-order valence-corrected chi connectivity index (χ4v) is 3.16. The molecule has 3 rings (SSSR count). The summed E-state index contributed by atoms with van der Waals surface area (Å²) in [5.74, 6) is 1.36. The molecule has 2 aromatic rings. The van der Waals surface area contributed by atoms with Crippen molar-refractivity contribution in [2.75, 3.05) is 36.0 Å². The molecule has 6 heteroatoms. The number of piperazine rings is 1. The van der Waals surface area contributed by atoms with E-state index in [1.807, 2.05) is 12.4 Å². The van der Waals surface area contributed by atoms with E-state index in [4.69, 9.17) is 0 Å². The number of hydrogen-bond acceptors (Lipinski definition) is 6. The molecule has 0 radical (unpaired) electrons. The molecule has 0 spiro atoms. The molecular weight excluding hydrogens is 270 g/mol. The summed E-state index contributed by atoms with van der Waals surface area (Å²) in [5, 5.41) is 1.06. The van der Waals surface area contributed by atoms with Gasteiger partial charge in [0.25, 0.3) is 0 Å². The zero-order chi connectivity index (χ0) is 13.9. The molecule has 1 aliphatic rings. The predicted molar refractivity (Wildman–Crippen MR) is 82.7 cm³/mol. The highest BCUT2D eigenvalue weighted by molar-refractivity contribution is 7.09. The van der Waals surface area contributed by atoms with Crippen molar-refractivity contribution >= 4 is 22.4 Å². The monoisotopic (exact) mass is 289 g/mol. The van der Waals surface area contributed by atoms with E-state index in [2.05, 4.69) is 50.1 Å². The number of pyridine rings is 1. The Labute approximate surface area is 123 Å². The van der Waals surface area contributed by atoms with E-state index < -0.39 is 0 Å². The summed E-state index contributed by atoms with van der Waals surface area (Å²) < 4.78 is 4.44. The SMILES string of the molecule is CC(C)c1nsc(N2CCN(c3ccncc3)CC2)n1. The third kappa shape index (κ3) is 2.75. The first-order valence-electron chi connectivity index (χ1n) is 6.97. The van der Waals surface area contributed by atoms with Gasteiger partial charge in [0.15, 0.2) is 0 Å². The number of aromatic nitrogens is 3. The van der Waals surface area contributed by atoms with Crippen molar-refractivity contribution in [1.29, 1.82) is 0 Å². The van der Waals surface area contributed by atoms with Crippen LogP contribution in [0.15, 0.2) is 24.5 Å². The van der Waals surface area contributed by atoms with Crippen LogP contribution in [0.25, 0.3) is 0 Å². The molecule has 0 saturated carbocycles. The molecule has 0 aliphatic carbocycles. The van der Waals surface area contributed by atoms with Gasteiger partial charge in [-0.05, 0) is 12.1 Å². The van der Waals surface area contributed by atoms with Crippen LogP contribution in [0, 0.1) is 0 Å². The van der Waals surface area contributed by atoms with Gasteiger partial charge in [-0.25, -0.2) is 4.98 Å². The van der Waals surface area contributed by atoms with Gasteiger partial charge in [-0.1, -0.05) is 13.8 Å². The second kappa shape index (κ2) is 5.75. The van der Waals surface area contributed by atoms with E-state index in [0.29, 0.717) is 5.92 Å². The van der Waals surface area contributed by atoms with E-state index >= 15 is 0 Å². The van der Waals surface area contributed by atoms with E-state index in [-0.39, 0.29) is 0 Å². The summed E-state index contributed by atoms with van der Waals surface area (Å²) in [6.45, 7) is 8.28. The molecule has 1 saturated heterocycles. The Balaban J connectivity index is 1.63. The molecule has 106 valence electrons. The highest BCUT2D eigenvalue weighted by Crippen LogP contribution is 2.23. The van der Waals surface area contributed by atoms with Crippen molar-refractivity contribution in [3.8, 4) is 0 Å². The van der Waals surface area contributed by atoms with Gasteiger partial charge in [-0.3, -0.25) is 4.98 Å². The van der Waals surface area contributed by atoms with Gasteiger partial charge in [0.1, 0.15) is 5.82 Å². The standard InChI is InChI=1S/C14H19N5S/c1-11(2)13-16-14(20-17-13)19-9-7-18(8-10-19)12-3-5-15-6-4-12/h3-6,11H,7-10H2,1-2H3. The summed E-state index contributed by atoms with van der Waals surface area (Å²) in [5.41, 5.74) is 1.25. The van der Waals surface area contributed by atoms with Gasteiger partial charge in [0, 0.05) is 61.7 Å². The van der Waals surface area contributed by atoms with Crippen molar-refractivity contribution in [2.24, 2.45) is 0 Å². The molecule has 0 amide bonds. The first kappa shape index (κ1) is 13.3. The van der Waals surface area contributed by atoms with Crippen LogP contribution in [0.1, 0.15) is 25.6 Å². The van der Waals surface area contributed by atoms with Crippen molar-refractivity contribution < 1.29 is 0 Å². The first-order chi connectivity index (χ1) is 9.74. The van der Waals surface area contributed by atoms with Crippen LogP contribution in [0.4, 0.5) is 10.8 Å². The van der Waals surface area contributed by atoms with Gasteiger partial charge in [-0.2, -0.15) is 4.37 Å². The molecule has 0 unspecified atom stereocenters. The minimum Gasteiger partial charge on any atom is -0.368 e. The largest absolute Gasteiger partial charge is 0.368 e. The lowest BCUT2D eigenvalue weighted by Crippen LogP contribution is -2.46. The topological polar surface area (TPSA) is 45.2 Å². The smallest absolute Gasteiger partial charge is 0.205 e. The Kier molecular flexibility index (Phi) is 3.82. The normalized spacial score (nSPS) is 15.9. The van der Waals surface area contributed by atoms with E-state index in [1.54, 1.807) is 0 Å².